The molecule has 1 aromatic rings. The second kappa shape index (κ2) is 7.11. The summed E-state index contributed by atoms with van der Waals surface area (Å²) in [5, 5.41) is 8.88. The first kappa shape index (κ1) is 15.4. The molecule has 0 saturated carbocycles. The molecule has 2 amide bonds. The lowest BCUT2D eigenvalue weighted by molar-refractivity contribution is -0.123. The third kappa shape index (κ3) is 4.48. The molecular formula is C16H23N3O2. The Morgan fingerprint density at radius 2 is 2.10 bits per heavy atom. The number of rotatable bonds is 5. The van der Waals surface area contributed by atoms with Crippen molar-refractivity contribution < 1.29 is 9.59 Å². The largest absolute Gasteiger partial charge is 0.373 e. The molecule has 0 aliphatic carbocycles. The molecular weight excluding hydrogens is 266 g/mol. The van der Waals surface area contributed by atoms with Crippen LogP contribution in [0.1, 0.15) is 32.3 Å². The van der Waals surface area contributed by atoms with Gasteiger partial charge in [-0.05, 0) is 38.3 Å². The van der Waals surface area contributed by atoms with E-state index < -0.39 is 0 Å². The molecule has 0 aromatic heterocycles. The number of hydrogen-bond donors (Lipinski definition) is 3. The van der Waals surface area contributed by atoms with Crippen LogP contribution in [0.4, 0.5) is 5.69 Å². The van der Waals surface area contributed by atoms with Gasteiger partial charge in [-0.15, -0.1) is 0 Å². The molecule has 5 heteroatoms. The molecule has 0 fully saturated rings. The van der Waals surface area contributed by atoms with Gasteiger partial charge in [-0.3, -0.25) is 9.59 Å². The van der Waals surface area contributed by atoms with Crippen molar-refractivity contribution in [1.29, 1.82) is 0 Å². The minimum Gasteiger partial charge on any atom is -0.373 e. The van der Waals surface area contributed by atoms with Crippen LogP contribution in [0.3, 0.4) is 0 Å². The summed E-state index contributed by atoms with van der Waals surface area (Å²) in [6.45, 7) is 4.21. The molecule has 1 aliphatic rings. The van der Waals surface area contributed by atoms with E-state index in [0.29, 0.717) is 13.0 Å². The fraction of sp³-hybridized carbons (Fsp3) is 0.500. The normalized spacial score (nSPS) is 16.8. The molecule has 21 heavy (non-hydrogen) atoms. The highest BCUT2D eigenvalue weighted by atomic mass is 16.2. The Morgan fingerprint density at radius 3 is 2.86 bits per heavy atom. The van der Waals surface area contributed by atoms with Crippen molar-refractivity contribution in [1.82, 2.24) is 10.6 Å². The van der Waals surface area contributed by atoms with Crippen LogP contribution in [0.15, 0.2) is 24.3 Å². The van der Waals surface area contributed by atoms with Gasteiger partial charge in [0.2, 0.25) is 11.8 Å². The van der Waals surface area contributed by atoms with Gasteiger partial charge in [0, 0.05) is 24.7 Å². The molecule has 1 aliphatic heterocycles. The Morgan fingerprint density at radius 1 is 1.33 bits per heavy atom. The Balaban J connectivity index is 1.76. The van der Waals surface area contributed by atoms with E-state index in [4.69, 9.17) is 0 Å². The molecule has 0 bridgehead atoms. The highest BCUT2D eigenvalue weighted by Gasteiger charge is 2.23. The van der Waals surface area contributed by atoms with Crippen molar-refractivity contribution in [3.8, 4) is 0 Å². The molecule has 1 atom stereocenters. The highest BCUT2D eigenvalue weighted by Crippen LogP contribution is 2.24. The summed E-state index contributed by atoms with van der Waals surface area (Å²) >= 11 is 0. The van der Waals surface area contributed by atoms with E-state index in [9.17, 15) is 9.59 Å². The van der Waals surface area contributed by atoms with E-state index >= 15 is 0 Å². The second-order valence-corrected chi connectivity index (χ2v) is 5.66. The summed E-state index contributed by atoms with van der Waals surface area (Å²) in [6, 6.07) is 7.95. The van der Waals surface area contributed by atoms with Crippen LogP contribution < -0.4 is 16.0 Å². The number of aryl methyl sites for hydroxylation is 1. The minimum absolute atomic E-state index is 0.0350. The molecule has 0 radical (unpaired) electrons. The van der Waals surface area contributed by atoms with E-state index in [1.807, 2.05) is 32.0 Å². The number of nitrogens with one attached hydrogen (secondary N) is 3. The Kier molecular flexibility index (Phi) is 5.20. The average Bonchev–Trinajstić information content (AvgIpc) is 2.45. The Hall–Kier alpha value is -2.04. The zero-order valence-electron chi connectivity index (χ0n) is 12.6. The molecule has 1 heterocycles. The predicted molar refractivity (Wildman–Crippen MR) is 83.1 cm³/mol. The monoisotopic (exact) mass is 289 g/mol. The molecule has 3 N–H and O–H groups in total. The van der Waals surface area contributed by atoms with E-state index in [0.717, 1.165) is 18.5 Å². The van der Waals surface area contributed by atoms with E-state index in [1.54, 1.807) is 0 Å². The van der Waals surface area contributed by atoms with E-state index in [1.165, 1.54) is 5.56 Å². The zero-order valence-corrected chi connectivity index (χ0v) is 12.6. The number of fused-ring (bicyclic) bond motifs is 1. The summed E-state index contributed by atoms with van der Waals surface area (Å²) in [5.74, 6) is -0.0749. The molecule has 0 spiro atoms. The van der Waals surface area contributed by atoms with Gasteiger partial charge in [0.1, 0.15) is 6.04 Å². The molecule has 0 saturated heterocycles. The van der Waals surface area contributed by atoms with Crippen molar-refractivity contribution in [3.05, 3.63) is 29.8 Å². The third-order valence-corrected chi connectivity index (χ3v) is 3.47. The number of carbonyl (C=O) groups excluding carboxylic acids is 2. The standard InChI is InChI=1S/C16H23N3O2/c1-11(2)18-15(20)9-10-17-16(21)14-8-7-12-5-3-4-6-13(12)19-14/h3-6,11,14,19H,7-10H2,1-2H3,(H,17,21)(H,18,20). The lowest BCUT2D eigenvalue weighted by atomic mass is 9.98. The van der Waals surface area contributed by atoms with Gasteiger partial charge < -0.3 is 16.0 Å². The highest BCUT2D eigenvalue weighted by molar-refractivity contribution is 5.86. The maximum Gasteiger partial charge on any atom is 0.242 e. The van der Waals surface area contributed by atoms with Crippen LogP contribution in [0.25, 0.3) is 0 Å². The van der Waals surface area contributed by atoms with Crippen LogP contribution in [-0.4, -0.2) is 30.4 Å². The van der Waals surface area contributed by atoms with Crippen LogP contribution in [0.5, 0.6) is 0 Å². The van der Waals surface area contributed by atoms with E-state index in [2.05, 4.69) is 22.0 Å². The maximum absolute atomic E-state index is 12.1. The van der Waals surface area contributed by atoms with Gasteiger partial charge in [-0.25, -0.2) is 0 Å². The van der Waals surface area contributed by atoms with Crippen LogP contribution in [0.2, 0.25) is 0 Å². The molecule has 2 rings (SSSR count). The first-order chi connectivity index (χ1) is 10.1. The number of anilines is 1. The molecule has 1 unspecified atom stereocenters. The lowest BCUT2D eigenvalue weighted by Crippen LogP contribution is -2.43. The van der Waals surface area contributed by atoms with Crippen LogP contribution >= 0.6 is 0 Å². The smallest absolute Gasteiger partial charge is 0.242 e. The summed E-state index contributed by atoms with van der Waals surface area (Å²) in [6.07, 6.45) is 1.99. The average molecular weight is 289 g/mol. The fourth-order valence-corrected chi connectivity index (χ4v) is 2.45. The van der Waals surface area contributed by atoms with Crippen molar-refractivity contribution in [3.63, 3.8) is 0 Å². The summed E-state index contributed by atoms with van der Waals surface area (Å²) < 4.78 is 0. The zero-order chi connectivity index (χ0) is 15.2. The summed E-state index contributed by atoms with van der Waals surface area (Å²) in [5.41, 5.74) is 2.28. The maximum atomic E-state index is 12.1. The minimum atomic E-state index is -0.215. The quantitative estimate of drug-likeness (QED) is 0.768. The molecule has 5 nitrogen and oxygen atoms in total. The fourth-order valence-electron chi connectivity index (χ4n) is 2.45. The lowest BCUT2D eigenvalue weighted by Gasteiger charge is -2.26. The van der Waals surface area contributed by atoms with Crippen molar-refractivity contribution in [2.75, 3.05) is 11.9 Å². The van der Waals surface area contributed by atoms with E-state index in [-0.39, 0.29) is 23.9 Å². The predicted octanol–water partition coefficient (Wildman–Crippen LogP) is 1.44. The second-order valence-electron chi connectivity index (χ2n) is 5.66. The van der Waals surface area contributed by atoms with Crippen LogP contribution in [0, 0.1) is 0 Å². The number of benzene rings is 1. The number of para-hydroxylation sites is 1. The number of amides is 2. The Labute approximate surface area is 125 Å². The first-order valence-corrected chi connectivity index (χ1v) is 7.48. The SMILES string of the molecule is CC(C)NC(=O)CCNC(=O)C1CCc2ccccc2N1. The van der Waals surface area contributed by atoms with Crippen molar-refractivity contribution in [2.45, 2.75) is 45.2 Å². The van der Waals surface area contributed by atoms with Crippen molar-refractivity contribution >= 4 is 17.5 Å². The summed E-state index contributed by atoms with van der Waals surface area (Å²) in [7, 11) is 0. The first-order valence-electron chi connectivity index (χ1n) is 7.48. The van der Waals surface area contributed by atoms with Gasteiger partial charge in [-0.1, -0.05) is 18.2 Å². The summed E-state index contributed by atoms with van der Waals surface area (Å²) in [4.78, 5) is 23.6. The van der Waals surface area contributed by atoms with Gasteiger partial charge in [0.25, 0.3) is 0 Å². The molecule has 1 aromatic carbocycles. The van der Waals surface area contributed by atoms with Gasteiger partial charge in [-0.2, -0.15) is 0 Å². The van der Waals surface area contributed by atoms with Gasteiger partial charge >= 0.3 is 0 Å². The number of hydrogen-bond acceptors (Lipinski definition) is 3. The van der Waals surface area contributed by atoms with Crippen LogP contribution in [-0.2, 0) is 16.0 Å². The Bertz CT molecular complexity index is 514. The molecule has 114 valence electrons. The third-order valence-electron chi connectivity index (χ3n) is 3.47. The van der Waals surface area contributed by atoms with Crippen molar-refractivity contribution in [2.24, 2.45) is 0 Å². The topological polar surface area (TPSA) is 70.2 Å². The van der Waals surface area contributed by atoms with Gasteiger partial charge in [0.15, 0.2) is 0 Å². The van der Waals surface area contributed by atoms with Gasteiger partial charge in [0.05, 0.1) is 0 Å². The number of carbonyl (C=O) groups is 2.